The molecule has 0 saturated heterocycles. The maximum atomic E-state index is 8.89. The number of halogens is 2. The fourth-order valence-electron chi connectivity index (χ4n) is 1.72. The lowest BCUT2D eigenvalue weighted by Crippen LogP contribution is -2.08. The maximum absolute atomic E-state index is 8.89. The first-order valence-corrected chi connectivity index (χ1v) is 6.44. The minimum absolute atomic E-state index is 0.0104. The van der Waals surface area contributed by atoms with E-state index in [1.54, 1.807) is 6.07 Å². The van der Waals surface area contributed by atoms with E-state index in [1.165, 1.54) is 6.07 Å². The van der Waals surface area contributed by atoms with E-state index in [1.807, 2.05) is 37.3 Å². The highest BCUT2D eigenvalue weighted by molar-refractivity contribution is 6.30. The van der Waals surface area contributed by atoms with Crippen molar-refractivity contribution in [1.29, 1.82) is 5.26 Å². The highest BCUT2D eigenvalue weighted by Crippen LogP contribution is 2.22. The smallest absolute Gasteiger partial charge is 0.132 e. The van der Waals surface area contributed by atoms with E-state index in [2.05, 4.69) is 10.3 Å². The number of benzene rings is 1. The summed E-state index contributed by atoms with van der Waals surface area (Å²) in [6, 6.07) is 12.8. The Kier molecular flexibility index (Phi) is 4.26. The lowest BCUT2D eigenvalue weighted by atomic mass is 10.1. The zero-order valence-electron chi connectivity index (χ0n) is 10.2. The van der Waals surface area contributed by atoms with Crippen LogP contribution < -0.4 is 5.32 Å². The Balaban J connectivity index is 2.21. The van der Waals surface area contributed by atoms with E-state index < -0.39 is 0 Å². The zero-order chi connectivity index (χ0) is 13.8. The summed E-state index contributed by atoms with van der Waals surface area (Å²) in [5.74, 6) is 0.566. The van der Waals surface area contributed by atoms with Crippen LogP contribution in [0.3, 0.4) is 0 Å². The number of nitrogens with zero attached hydrogens (tertiary/aromatic N) is 2. The number of nitrogens with one attached hydrogen (secondary N) is 1. The monoisotopic (exact) mass is 291 g/mol. The van der Waals surface area contributed by atoms with Gasteiger partial charge in [-0.25, -0.2) is 4.98 Å². The Morgan fingerprint density at radius 2 is 2.05 bits per heavy atom. The van der Waals surface area contributed by atoms with Crippen molar-refractivity contribution in [2.45, 2.75) is 13.0 Å². The summed E-state index contributed by atoms with van der Waals surface area (Å²) >= 11 is 11.8. The van der Waals surface area contributed by atoms with Gasteiger partial charge in [0.25, 0.3) is 0 Å². The molecule has 1 atom stereocenters. The summed E-state index contributed by atoms with van der Waals surface area (Å²) in [6.45, 7) is 1.99. The van der Waals surface area contributed by atoms with Gasteiger partial charge in [-0.15, -0.1) is 0 Å². The van der Waals surface area contributed by atoms with E-state index in [9.17, 15) is 0 Å². The molecule has 19 heavy (non-hydrogen) atoms. The van der Waals surface area contributed by atoms with Crippen LogP contribution in [0.4, 0.5) is 5.82 Å². The molecule has 96 valence electrons. The predicted octanol–water partition coefficient (Wildman–Crippen LogP) is 4.43. The van der Waals surface area contributed by atoms with Crippen molar-refractivity contribution in [2.24, 2.45) is 0 Å². The number of anilines is 1. The van der Waals surface area contributed by atoms with Crippen molar-refractivity contribution in [1.82, 2.24) is 4.98 Å². The van der Waals surface area contributed by atoms with E-state index >= 15 is 0 Å². The Labute approximate surface area is 121 Å². The molecule has 0 fully saturated rings. The zero-order valence-corrected chi connectivity index (χ0v) is 11.7. The van der Waals surface area contributed by atoms with Gasteiger partial charge in [-0.2, -0.15) is 5.26 Å². The van der Waals surface area contributed by atoms with Gasteiger partial charge in [0.2, 0.25) is 0 Å². The van der Waals surface area contributed by atoms with Crippen molar-refractivity contribution in [3.63, 3.8) is 0 Å². The Hall–Kier alpha value is -1.76. The third kappa shape index (κ3) is 3.60. The van der Waals surface area contributed by atoms with Gasteiger partial charge < -0.3 is 5.32 Å². The first kappa shape index (κ1) is 13.7. The van der Waals surface area contributed by atoms with Crippen LogP contribution in [0.2, 0.25) is 10.2 Å². The van der Waals surface area contributed by atoms with E-state index in [0.717, 1.165) is 5.56 Å². The molecule has 1 N–H and O–H groups in total. The predicted molar refractivity (Wildman–Crippen MR) is 77.5 cm³/mol. The van der Waals surface area contributed by atoms with Crippen molar-refractivity contribution >= 4 is 29.0 Å². The standard InChI is InChI=1S/C14H11Cl2N3/c1-9(11-3-2-4-12(15)7-11)18-14-6-10(8-17)5-13(16)19-14/h2-7,9H,1H3,(H,18,19). The third-order valence-electron chi connectivity index (χ3n) is 2.64. The number of nitriles is 1. The van der Waals surface area contributed by atoms with Gasteiger partial charge in [0.15, 0.2) is 0 Å². The molecule has 1 aromatic carbocycles. The number of hydrogen-bond donors (Lipinski definition) is 1. The molecule has 0 bridgehead atoms. The average molecular weight is 292 g/mol. The topological polar surface area (TPSA) is 48.7 Å². The molecule has 0 amide bonds. The summed E-state index contributed by atoms with van der Waals surface area (Å²) in [5, 5.41) is 13.1. The second kappa shape index (κ2) is 5.92. The molecule has 0 saturated carbocycles. The molecule has 0 spiro atoms. The summed E-state index contributed by atoms with van der Waals surface area (Å²) < 4.78 is 0. The molecule has 2 rings (SSSR count). The first-order valence-electron chi connectivity index (χ1n) is 5.68. The minimum Gasteiger partial charge on any atom is -0.363 e. The Morgan fingerprint density at radius 1 is 1.26 bits per heavy atom. The molecule has 0 radical (unpaired) electrons. The van der Waals surface area contributed by atoms with E-state index in [-0.39, 0.29) is 6.04 Å². The van der Waals surface area contributed by atoms with Crippen molar-refractivity contribution in [3.05, 3.63) is 57.7 Å². The summed E-state index contributed by atoms with van der Waals surface area (Å²) in [5.41, 5.74) is 1.51. The molecule has 1 unspecified atom stereocenters. The molecule has 2 aromatic rings. The van der Waals surface area contributed by atoms with Gasteiger partial charge in [0.05, 0.1) is 11.6 Å². The molecular formula is C14H11Cl2N3. The van der Waals surface area contributed by atoms with Crippen LogP contribution in [0.5, 0.6) is 0 Å². The first-order chi connectivity index (χ1) is 9.08. The fraction of sp³-hybridized carbons (Fsp3) is 0.143. The van der Waals surface area contributed by atoms with Crippen LogP contribution in [0.25, 0.3) is 0 Å². The highest BCUT2D eigenvalue weighted by atomic mass is 35.5. The lowest BCUT2D eigenvalue weighted by Gasteiger charge is -2.15. The molecular weight excluding hydrogens is 281 g/mol. The van der Waals surface area contributed by atoms with Gasteiger partial charge in [-0.1, -0.05) is 35.3 Å². The van der Waals surface area contributed by atoms with E-state index in [0.29, 0.717) is 21.6 Å². The van der Waals surface area contributed by atoms with Crippen LogP contribution in [-0.2, 0) is 0 Å². The van der Waals surface area contributed by atoms with Gasteiger partial charge in [0, 0.05) is 11.1 Å². The van der Waals surface area contributed by atoms with Gasteiger partial charge in [0.1, 0.15) is 11.0 Å². The molecule has 5 heteroatoms. The Morgan fingerprint density at radius 3 is 2.74 bits per heavy atom. The molecule has 0 aliphatic carbocycles. The Bertz CT molecular complexity index is 635. The third-order valence-corrected chi connectivity index (χ3v) is 3.06. The number of aromatic nitrogens is 1. The van der Waals surface area contributed by atoms with Gasteiger partial charge in [-0.05, 0) is 36.8 Å². The summed E-state index contributed by atoms with van der Waals surface area (Å²) in [4.78, 5) is 4.14. The van der Waals surface area contributed by atoms with Crippen LogP contribution >= 0.6 is 23.2 Å². The van der Waals surface area contributed by atoms with E-state index in [4.69, 9.17) is 28.5 Å². The quantitative estimate of drug-likeness (QED) is 0.851. The number of pyridine rings is 1. The lowest BCUT2D eigenvalue weighted by molar-refractivity contribution is 0.874. The summed E-state index contributed by atoms with van der Waals surface area (Å²) in [7, 11) is 0. The molecule has 0 aliphatic rings. The second-order valence-electron chi connectivity index (χ2n) is 4.10. The number of rotatable bonds is 3. The maximum Gasteiger partial charge on any atom is 0.132 e. The SMILES string of the molecule is CC(Nc1cc(C#N)cc(Cl)n1)c1cccc(Cl)c1. The highest BCUT2D eigenvalue weighted by Gasteiger charge is 2.08. The van der Waals surface area contributed by atoms with Crippen molar-refractivity contribution in [2.75, 3.05) is 5.32 Å². The second-order valence-corrected chi connectivity index (χ2v) is 4.92. The number of hydrogen-bond acceptors (Lipinski definition) is 3. The summed E-state index contributed by atoms with van der Waals surface area (Å²) in [6.07, 6.45) is 0. The van der Waals surface area contributed by atoms with Gasteiger partial charge >= 0.3 is 0 Å². The van der Waals surface area contributed by atoms with Crippen molar-refractivity contribution in [3.8, 4) is 6.07 Å². The average Bonchev–Trinajstić information content (AvgIpc) is 2.38. The molecule has 1 heterocycles. The largest absolute Gasteiger partial charge is 0.363 e. The van der Waals surface area contributed by atoms with Crippen LogP contribution in [0, 0.1) is 11.3 Å². The minimum atomic E-state index is 0.0104. The fourth-order valence-corrected chi connectivity index (χ4v) is 2.12. The normalized spacial score (nSPS) is 11.7. The molecule has 0 aliphatic heterocycles. The van der Waals surface area contributed by atoms with Crippen LogP contribution in [0.1, 0.15) is 24.1 Å². The molecule has 1 aromatic heterocycles. The molecule has 3 nitrogen and oxygen atoms in total. The van der Waals surface area contributed by atoms with Crippen LogP contribution in [0.15, 0.2) is 36.4 Å². The van der Waals surface area contributed by atoms with Crippen molar-refractivity contribution < 1.29 is 0 Å². The van der Waals surface area contributed by atoms with Gasteiger partial charge in [-0.3, -0.25) is 0 Å². The van der Waals surface area contributed by atoms with Crippen LogP contribution in [-0.4, -0.2) is 4.98 Å².